The number of hydrogen-bond donors (Lipinski definition) is 0. The predicted octanol–water partition coefficient (Wildman–Crippen LogP) is 1.27. The van der Waals surface area contributed by atoms with Crippen LogP contribution in [0, 0.1) is 0 Å². The van der Waals surface area contributed by atoms with Crippen LogP contribution in [0.3, 0.4) is 0 Å². The lowest BCUT2D eigenvalue weighted by Gasteiger charge is -2.13. The monoisotopic (exact) mass is 235 g/mol. The van der Waals surface area contributed by atoms with E-state index >= 15 is 0 Å². The van der Waals surface area contributed by atoms with Crippen molar-refractivity contribution >= 4 is 29.1 Å². The molecular weight excluding hydrogens is 225 g/mol. The summed E-state index contributed by atoms with van der Waals surface area (Å²) in [5.41, 5.74) is 0.676. The highest BCUT2D eigenvalue weighted by atomic mass is 35.5. The highest BCUT2D eigenvalue weighted by Crippen LogP contribution is 2.14. The Bertz CT molecular complexity index is 337. The number of amides is 1. The number of halogens is 2. The summed E-state index contributed by atoms with van der Waals surface area (Å²) in [6.45, 7) is 0.380. The van der Waals surface area contributed by atoms with Crippen LogP contribution in [0.1, 0.15) is 5.69 Å². The molecule has 0 saturated heterocycles. The Kier molecular flexibility index (Phi) is 3.77. The van der Waals surface area contributed by atoms with Crippen LogP contribution in [0.4, 0.5) is 0 Å². The molecule has 0 N–H and O–H groups in total. The van der Waals surface area contributed by atoms with Crippen LogP contribution in [-0.2, 0) is 18.4 Å². The van der Waals surface area contributed by atoms with Gasteiger partial charge in [0.15, 0.2) is 0 Å². The zero-order chi connectivity index (χ0) is 10.7. The van der Waals surface area contributed by atoms with Gasteiger partial charge in [0, 0.05) is 20.3 Å². The van der Waals surface area contributed by atoms with Gasteiger partial charge in [-0.05, 0) is 0 Å². The lowest BCUT2D eigenvalue weighted by molar-refractivity contribution is -0.127. The minimum absolute atomic E-state index is 0.0268. The summed E-state index contributed by atoms with van der Waals surface area (Å²) in [4.78, 5) is 12.6. The average Bonchev–Trinajstić information content (AvgIpc) is 2.44. The number of aromatic nitrogens is 2. The Labute approximate surface area is 92.4 Å². The molecule has 0 aromatic carbocycles. The van der Waals surface area contributed by atoms with Gasteiger partial charge in [0.25, 0.3) is 0 Å². The molecular formula is C8H11Cl2N3O. The van der Waals surface area contributed by atoms with E-state index in [1.807, 2.05) is 0 Å². The summed E-state index contributed by atoms with van der Waals surface area (Å²) in [6.07, 6.45) is 1.69. The topological polar surface area (TPSA) is 38.1 Å². The SMILES string of the molecule is CN(Cc1nn(C)cc1Cl)C(=O)CCl. The number of aryl methyl sites for hydroxylation is 1. The molecule has 78 valence electrons. The van der Waals surface area contributed by atoms with Crippen LogP contribution in [0.5, 0.6) is 0 Å². The molecule has 0 bridgehead atoms. The van der Waals surface area contributed by atoms with Crippen LogP contribution in [0.2, 0.25) is 5.02 Å². The molecule has 6 heteroatoms. The number of carbonyl (C=O) groups is 1. The van der Waals surface area contributed by atoms with E-state index < -0.39 is 0 Å². The van der Waals surface area contributed by atoms with Crippen molar-refractivity contribution in [1.29, 1.82) is 0 Å². The molecule has 0 spiro atoms. The molecule has 0 radical (unpaired) electrons. The van der Waals surface area contributed by atoms with Gasteiger partial charge in [-0.1, -0.05) is 11.6 Å². The van der Waals surface area contributed by atoms with Crippen molar-refractivity contribution < 1.29 is 4.79 Å². The lowest BCUT2D eigenvalue weighted by Crippen LogP contribution is -2.27. The number of rotatable bonds is 3. The summed E-state index contributed by atoms with van der Waals surface area (Å²) in [6, 6.07) is 0. The van der Waals surface area contributed by atoms with E-state index in [-0.39, 0.29) is 11.8 Å². The number of hydrogen-bond acceptors (Lipinski definition) is 2. The fourth-order valence-electron chi connectivity index (χ4n) is 1.03. The molecule has 0 aliphatic carbocycles. The van der Waals surface area contributed by atoms with Gasteiger partial charge in [0.2, 0.25) is 5.91 Å². The maximum Gasteiger partial charge on any atom is 0.237 e. The van der Waals surface area contributed by atoms with Crippen LogP contribution < -0.4 is 0 Å². The molecule has 0 saturated carbocycles. The molecule has 0 aliphatic rings. The van der Waals surface area contributed by atoms with Crippen LogP contribution in [0.25, 0.3) is 0 Å². The third-order valence-corrected chi connectivity index (χ3v) is 2.33. The normalized spacial score (nSPS) is 10.3. The smallest absolute Gasteiger partial charge is 0.237 e. The number of nitrogens with zero attached hydrogens (tertiary/aromatic N) is 3. The van der Waals surface area contributed by atoms with E-state index in [0.29, 0.717) is 17.3 Å². The highest BCUT2D eigenvalue weighted by molar-refractivity contribution is 6.31. The summed E-state index contributed by atoms with van der Waals surface area (Å²) < 4.78 is 1.61. The summed E-state index contributed by atoms with van der Waals surface area (Å²) in [7, 11) is 3.44. The zero-order valence-corrected chi connectivity index (χ0v) is 9.51. The Morgan fingerprint density at radius 3 is 2.79 bits per heavy atom. The standard InChI is InChI=1S/C8H11Cl2N3O/c1-12(8(14)3-9)5-7-6(10)4-13(2)11-7/h4H,3,5H2,1-2H3. The molecule has 1 heterocycles. The molecule has 1 amide bonds. The average molecular weight is 236 g/mol. The Balaban J connectivity index is 2.69. The van der Waals surface area contributed by atoms with Gasteiger partial charge < -0.3 is 4.90 Å². The second-order valence-corrected chi connectivity index (χ2v) is 3.66. The Morgan fingerprint density at radius 1 is 1.71 bits per heavy atom. The summed E-state index contributed by atoms with van der Waals surface area (Å²) >= 11 is 11.3. The maximum atomic E-state index is 11.2. The maximum absolute atomic E-state index is 11.2. The van der Waals surface area contributed by atoms with Gasteiger partial charge in [-0.15, -0.1) is 11.6 Å². The third kappa shape index (κ3) is 2.62. The number of carbonyl (C=O) groups excluding carboxylic acids is 1. The van der Waals surface area contributed by atoms with E-state index in [2.05, 4.69) is 5.10 Å². The second-order valence-electron chi connectivity index (χ2n) is 2.98. The van der Waals surface area contributed by atoms with Crippen molar-refractivity contribution in [2.75, 3.05) is 12.9 Å². The van der Waals surface area contributed by atoms with E-state index in [0.717, 1.165) is 0 Å². The van der Waals surface area contributed by atoms with E-state index in [9.17, 15) is 4.79 Å². The Hall–Kier alpha value is -0.740. The predicted molar refractivity (Wildman–Crippen MR) is 55.4 cm³/mol. The van der Waals surface area contributed by atoms with Gasteiger partial charge in [-0.25, -0.2) is 0 Å². The second kappa shape index (κ2) is 4.66. The van der Waals surface area contributed by atoms with Crippen molar-refractivity contribution in [3.05, 3.63) is 16.9 Å². The molecule has 14 heavy (non-hydrogen) atoms. The minimum atomic E-state index is -0.145. The van der Waals surface area contributed by atoms with Gasteiger partial charge in [-0.2, -0.15) is 5.10 Å². The Morgan fingerprint density at radius 2 is 2.36 bits per heavy atom. The molecule has 0 atom stereocenters. The first-order chi connectivity index (χ1) is 6.54. The molecule has 0 unspecified atom stereocenters. The lowest BCUT2D eigenvalue weighted by atomic mass is 10.4. The van der Waals surface area contributed by atoms with Gasteiger partial charge in [0.1, 0.15) is 11.6 Å². The highest BCUT2D eigenvalue weighted by Gasteiger charge is 2.12. The number of alkyl halides is 1. The molecule has 1 aromatic rings. The zero-order valence-electron chi connectivity index (χ0n) is 8.00. The van der Waals surface area contributed by atoms with Crippen molar-refractivity contribution in [2.24, 2.45) is 7.05 Å². The fourth-order valence-corrected chi connectivity index (χ4v) is 1.47. The van der Waals surface area contributed by atoms with Crippen LogP contribution in [-0.4, -0.2) is 33.5 Å². The van der Waals surface area contributed by atoms with Crippen molar-refractivity contribution in [1.82, 2.24) is 14.7 Å². The first-order valence-corrected chi connectivity index (χ1v) is 4.93. The van der Waals surface area contributed by atoms with Crippen molar-refractivity contribution in [2.45, 2.75) is 6.54 Å². The van der Waals surface area contributed by atoms with Gasteiger partial charge in [-0.3, -0.25) is 9.48 Å². The fraction of sp³-hybridized carbons (Fsp3) is 0.500. The van der Waals surface area contributed by atoms with Crippen LogP contribution in [0.15, 0.2) is 6.20 Å². The molecule has 4 nitrogen and oxygen atoms in total. The quantitative estimate of drug-likeness (QED) is 0.741. The summed E-state index contributed by atoms with van der Waals surface area (Å²) in [5, 5.41) is 4.67. The summed E-state index contributed by atoms with van der Waals surface area (Å²) in [5.74, 6) is -0.172. The van der Waals surface area contributed by atoms with E-state index in [4.69, 9.17) is 23.2 Å². The van der Waals surface area contributed by atoms with Crippen molar-refractivity contribution in [3.63, 3.8) is 0 Å². The van der Waals surface area contributed by atoms with Crippen LogP contribution >= 0.6 is 23.2 Å². The molecule has 1 rings (SSSR count). The third-order valence-electron chi connectivity index (χ3n) is 1.78. The molecule has 0 aliphatic heterocycles. The first-order valence-electron chi connectivity index (χ1n) is 4.02. The molecule has 1 aromatic heterocycles. The minimum Gasteiger partial charge on any atom is -0.339 e. The van der Waals surface area contributed by atoms with Gasteiger partial charge >= 0.3 is 0 Å². The van der Waals surface area contributed by atoms with Crippen molar-refractivity contribution in [3.8, 4) is 0 Å². The van der Waals surface area contributed by atoms with E-state index in [1.54, 1.807) is 25.0 Å². The first kappa shape index (κ1) is 11.3. The largest absolute Gasteiger partial charge is 0.339 e. The van der Waals surface area contributed by atoms with Gasteiger partial charge in [0.05, 0.1) is 11.6 Å². The molecule has 0 fully saturated rings. The van der Waals surface area contributed by atoms with E-state index in [1.165, 1.54) is 4.90 Å².